The molecule has 0 amide bonds. The van der Waals surface area contributed by atoms with Crippen LogP contribution in [0.1, 0.15) is 24.8 Å². The summed E-state index contributed by atoms with van der Waals surface area (Å²) < 4.78 is 5.61. The summed E-state index contributed by atoms with van der Waals surface area (Å²) in [6.45, 7) is 2.53. The Morgan fingerprint density at radius 3 is 2.85 bits per heavy atom. The van der Waals surface area contributed by atoms with Crippen LogP contribution in [0, 0.1) is 5.92 Å². The quantitative estimate of drug-likeness (QED) is 0.716. The van der Waals surface area contributed by atoms with E-state index in [-0.39, 0.29) is 0 Å². The molecule has 3 nitrogen and oxygen atoms in total. The summed E-state index contributed by atoms with van der Waals surface area (Å²) in [4.78, 5) is 0. The molecule has 1 aromatic rings. The van der Waals surface area contributed by atoms with Crippen LogP contribution >= 0.6 is 0 Å². The molecule has 0 aromatic heterocycles. The minimum atomic E-state index is -0.433. The van der Waals surface area contributed by atoms with E-state index in [1.165, 1.54) is 12.0 Å². The molecule has 0 saturated heterocycles. The van der Waals surface area contributed by atoms with Gasteiger partial charge in [0.05, 0.1) is 12.7 Å². The van der Waals surface area contributed by atoms with Crippen molar-refractivity contribution in [2.24, 2.45) is 5.92 Å². The highest BCUT2D eigenvalue weighted by atomic mass is 16.5. The third-order valence-corrected chi connectivity index (χ3v) is 3.59. The molecule has 1 aromatic carbocycles. The van der Waals surface area contributed by atoms with Gasteiger partial charge in [-0.2, -0.15) is 0 Å². The Morgan fingerprint density at radius 1 is 1.25 bits per heavy atom. The molecule has 0 bridgehead atoms. The average molecular weight is 275 g/mol. The third kappa shape index (κ3) is 5.87. The van der Waals surface area contributed by atoms with Crippen molar-refractivity contribution in [2.75, 3.05) is 19.8 Å². The molecule has 3 heteroatoms. The van der Waals surface area contributed by atoms with Crippen LogP contribution in [0.4, 0.5) is 0 Å². The first kappa shape index (κ1) is 15.2. The standard InChI is InChI=1S/C17H25NO2/c19-17(12-18-11-15-7-3-1-4-8-15)14-20-13-16-9-5-2-6-10-16/h1-5,7-8,16-19H,6,9-14H2. The first-order valence-corrected chi connectivity index (χ1v) is 7.50. The van der Waals surface area contributed by atoms with E-state index in [0.717, 1.165) is 26.0 Å². The average Bonchev–Trinajstić information content (AvgIpc) is 2.49. The van der Waals surface area contributed by atoms with Gasteiger partial charge in [0.2, 0.25) is 0 Å². The molecule has 2 rings (SSSR count). The Kier molecular flexibility index (Phi) is 6.78. The van der Waals surface area contributed by atoms with Gasteiger partial charge in [-0.05, 0) is 30.7 Å². The molecule has 1 aliphatic rings. The number of nitrogens with one attached hydrogen (secondary N) is 1. The van der Waals surface area contributed by atoms with Gasteiger partial charge in [-0.15, -0.1) is 0 Å². The van der Waals surface area contributed by atoms with Gasteiger partial charge in [-0.25, -0.2) is 0 Å². The van der Waals surface area contributed by atoms with Crippen LogP contribution in [0.3, 0.4) is 0 Å². The predicted molar refractivity (Wildman–Crippen MR) is 81.5 cm³/mol. The van der Waals surface area contributed by atoms with Crippen molar-refractivity contribution in [3.05, 3.63) is 48.0 Å². The van der Waals surface area contributed by atoms with Gasteiger partial charge in [-0.1, -0.05) is 42.5 Å². The van der Waals surface area contributed by atoms with Crippen LogP contribution in [0.2, 0.25) is 0 Å². The molecule has 0 saturated carbocycles. The molecular weight excluding hydrogens is 250 g/mol. The van der Waals surface area contributed by atoms with E-state index in [1.807, 2.05) is 18.2 Å². The topological polar surface area (TPSA) is 41.5 Å². The van der Waals surface area contributed by atoms with Gasteiger partial charge in [0.1, 0.15) is 0 Å². The minimum absolute atomic E-state index is 0.419. The summed E-state index contributed by atoms with van der Waals surface area (Å²) in [5, 5.41) is 13.1. The lowest BCUT2D eigenvalue weighted by Crippen LogP contribution is -2.30. The Morgan fingerprint density at radius 2 is 2.10 bits per heavy atom. The van der Waals surface area contributed by atoms with E-state index in [4.69, 9.17) is 4.74 Å². The maximum Gasteiger partial charge on any atom is 0.0897 e. The first-order chi connectivity index (χ1) is 9.84. The van der Waals surface area contributed by atoms with E-state index in [9.17, 15) is 5.11 Å². The van der Waals surface area contributed by atoms with Crippen molar-refractivity contribution in [3.63, 3.8) is 0 Å². The number of hydrogen-bond acceptors (Lipinski definition) is 3. The minimum Gasteiger partial charge on any atom is -0.389 e. The van der Waals surface area contributed by atoms with Crippen LogP contribution in [0.25, 0.3) is 0 Å². The lowest BCUT2D eigenvalue weighted by molar-refractivity contribution is 0.0201. The number of aliphatic hydroxyl groups excluding tert-OH is 1. The Labute approximate surface area is 121 Å². The molecule has 110 valence electrons. The number of hydrogen-bond donors (Lipinski definition) is 2. The van der Waals surface area contributed by atoms with Gasteiger partial charge in [0, 0.05) is 19.7 Å². The fourth-order valence-corrected chi connectivity index (χ4v) is 2.42. The zero-order chi connectivity index (χ0) is 14.0. The maximum atomic E-state index is 9.86. The summed E-state index contributed by atoms with van der Waals surface area (Å²) >= 11 is 0. The smallest absolute Gasteiger partial charge is 0.0897 e. The molecule has 0 heterocycles. The first-order valence-electron chi connectivity index (χ1n) is 7.50. The molecule has 0 fully saturated rings. The summed E-state index contributed by atoms with van der Waals surface area (Å²) in [5.41, 5.74) is 1.23. The Hall–Kier alpha value is -1.16. The highest BCUT2D eigenvalue weighted by molar-refractivity contribution is 5.14. The molecule has 1 aliphatic carbocycles. The lowest BCUT2D eigenvalue weighted by Gasteiger charge is -2.19. The van der Waals surface area contributed by atoms with Gasteiger partial charge >= 0.3 is 0 Å². The number of ether oxygens (including phenoxy) is 1. The highest BCUT2D eigenvalue weighted by Gasteiger charge is 2.11. The molecule has 0 radical (unpaired) electrons. The largest absolute Gasteiger partial charge is 0.389 e. The molecule has 2 unspecified atom stereocenters. The van der Waals surface area contributed by atoms with E-state index < -0.39 is 6.10 Å². The van der Waals surface area contributed by atoms with Crippen LogP contribution in [0.5, 0.6) is 0 Å². The van der Waals surface area contributed by atoms with E-state index in [1.54, 1.807) is 0 Å². The number of allylic oxidation sites excluding steroid dienone is 2. The maximum absolute atomic E-state index is 9.86. The van der Waals surface area contributed by atoms with Crippen LogP contribution in [0.15, 0.2) is 42.5 Å². The van der Waals surface area contributed by atoms with E-state index in [0.29, 0.717) is 19.1 Å². The normalized spacial score (nSPS) is 19.9. The van der Waals surface area contributed by atoms with Crippen molar-refractivity contribution in [1.29, 1.82) is 0 Å². The van der Waals surface area contributed by atoms with Crippen molar-refractivity contribution in [2.45, 2.75) is 31.9 Å². The lowest BCUT2D eigenvalue weighted by atomic mass is 9.95. The Bertz CT molecular complexity index is 391. The van der Waals surface area contributed by atoms with E-state index in [2.05, 4.69) is 29.6 Å². The second kappa shape index (κ2) is 8.90. The van der Waals surface area contributed by atoms with Crippen molar-refractivity contribution in [3.8, 4) is 0 Å². The van der Waals surface area contributed by atoms with Crippen LogP contribution < -0.4 is 5.32 Å². The summed E-state index contributed by atoms with van der Waals surface area (Å²) in [6.07, 6.45) is 7.52. The zero-order valence-electron chi connectivity index (χ0n) is 12.0. The van der Waals surface area contributed by atoms with Crippen molar-refractivity contribution < 1.29 is 9.84 Å². The molecule has 2 N–H and O–H groups in total. The van der Waals surface area contributed by atoms with Crippen LogP contribution in [-0.2, 0) is 11.3 Å². The number of aliphatic hydroxyl groups is 1. The SMILES string of the molecule is OC(CNCc1ccccc1)COCC1CC=CCC1. The Balaban J connectivity index is 1.52. The molecule has 0 spiro atoms. The third-order valence-electron chi connectivity index (χ3n) is 3.59. The van der Waals surface area contributed by atoms with Crippen LogP contribution in [-0.4, -0.2) is 31.0 Å². The van der Waals surface area contributed by atoms with E-state index >= 15 is 0 Å². The molecule has 0 aliphatic heterocycles. The second-order valence-electron chi connectivity index (χ2n) is 5.46. The molecule has 20 heavy (non-hydrogen) atoms. The van der Waals surface area contributed by atoms with Gasteiger partial charge in [0.25, 0.3) is 0 Å². The number of rotatable bonds is 8. The summed E-state index contributed by atoms with van der Waals surface area (Å²) in [5.74, 6) is 0.629. The molecular formula is C17H25NO2. The van der Waals surface area contributed by atoms with Crippen molar-refractivity contribution >= 4 is 0 Å². The zero-order valence-corrected chi connectivity index (χ0v) is 12.0. The second-order valence-corrected chi connectivity index (χ2v) is 5.46. The fourth-order valence-electron chi connectivity index (χ4n) is 2.42. The summed E-state index contributed by atoms with van der Waals surface area (Å²) in [7, 11) is 0. The summed E-state index contributed by atoms with van der Waals surface area (Å²) in [6, 6.07) is 10.2. The predicted octanol–water partition coefficient (Wildman–Crippen LogP) is 2.51. The van der Waals surface area contributed by atoms with Gasteiger partial charge in [0.15, 0.2) is 0 Å². The number of benzene rings is 1. The highest BCUT2D eigenvalue weighted by Crippen LogP contribution is 2.18. The molecule has 2 atom stereocenters. The van der Waals surface area contributed by atoms with Gasteiger partial charge < -0.3 is 15.2 Å². The van der Waals surface area contributed by atoms with Crippen molar-refractivity contribution in [1.82, 2.24) is 5.32 Å². The fraction of sp³-hybridized carbons (Fsp3) is 0.529. The van der Waals surface area contributed by atoms with Gasteiger partial charge in [-0.3, -0.25) is 0 Å². The monoisotopic (exact) mass is 275 g/mol.